The maximum Gasteiger partial charge on any atom is 0.573 e. The van der Waals surface area contributed by atoms with Gasteiger partial charge in [0.05, 0.1) is 24.2 Å². The normalized spacial score (nSPS) is 19.6. The van der Waals surface area contributed by atoms with Crippen LogP contribution in [0.1, 0.15) is 12.8 Å². The molecule has 2 saturated heterocycles. The molecule has 1 aromatic carbocycles. The lowest BCUT2D eigenvalue weighted by Gasteiger charge is -2.32. The zero-order chi connectivity index (χ0) is 21.8. The molecule has 0 saturated carbocycles. The molecule has 0 atom stereocenters. The number of ether oxygens (including phenoxy) is 3. The molecule has 2 heterocycles. The number of carbonyl (C=O) groups is 1. The zero-order valence-corrected chi connectivity index (χ0v) is 17.0. The first kappa shape index (κ1) is 22.8. The van der Waals surface area contributed by atoms with Crippen LogP contribution in [0.25, 0.3) is 0 Å². The summed E-state index contributed by atoms with van der Waals surface area (Å²) in [5, 5.41) is 0. The zero-order valence-electron chi connectivity index (χ0n) is 16.1. The Morgan fingerprint density at radius 1 is 1.07 bits per heavy atom. The number of benzene rings is 1. The van der Waals surface area contributed by atoms with Crippen molar-refractivity contribution in [2.75, 3.05) is 46.0 Å². The van der Waals surface area contributed by atoms with E-state index in [4.69, 9.17) is 9.47 Å². The van der Waals surface area contributed by atoms with E-state index >= 15 is 0 Å². The number of nitrogens with zero attached hydrogens (tertiary/aromatic N) is 2. The van der Waals surface area contributed by atoms with Gasteiger partial charge < -0.3 is 19.1 Å². The first-order chi connectivity index (χ1) is 14.1. The molecule has 1 amide bonds. The lowest BCUT2D eigenvalue weighted by Crippen LogP contribution is -2.44. The third kappa shape index (κ3) is 6.06. The second-order valence-electron chi connectivity index (χ2n) is 6.93. The molecule has 8 nitrogen and oxygen atoms in total. The van der Waals surface area contributed by atoms with Gasteiger partial charge in [-0.05, 0) is 37.1 Å². The van der Waals surface area contributed by atoms with E-state index in [0.29, 0.717) is 39.1 Å². The number of alkyl halides is 3. The molecule has 0 bridgehead atoms. The number of carbonyl (C=O) groups excluding carboxylic acids is 1. The molecule has 0 radical (unpaired) electrons. The summed E-state index contributed by atoms with van der Waals surface area (Å²) in [6.45, 7) is 2.41. The fourth-order valence-electron chi connectivity index (χ4n) is 3.29. The molecular weight excluding hydrogens is 429 g/mol. The van der Waals surface area contributed by atoms with E-state index in [1.807, 2.05) is 0 Å². The van der Waals surface area contributed by atoms with Crippen molar-refractivity contribution in [1.29, 1.82) is 0 Å². The predicted molar refractivity (Wildman–Crippen MR) is 98.3 cm³/mol. The molecule has 1 aromatic rings. The van der Waals surface area contributed by atoms with Crippen LogP contribution < -0.4 is 4.74 Å². The number of halogens is 3. The third-order valence-electron chi connectivity index (χ3n) is 4.90. The van der Waals surface area contributed by atoms with Gasteiger partial charge in [0, 0.05) is 26.2 Å². The first-order valence-electron chi connectivity index (χ1n) is 9.48. The van der Waals surface area contributed by atoms with E-state index in [0.717, 1.165) is 24.3 Å². The Kier molecular flexibility index (Phi) is 7.22. The number of hydrogen-bond acceptors (Lipinski definition) is 6. The number of hydrogen-bond donors (Lipinski definition) is 0. The second kappa shape index (κ2) is 9.50. The van der Waals surface area contributed by atoms with Crippen LogP contribution in [-0.4, -0.2) is 82.0 Å². The van der Waals surface area contributed by atoms with Crippen LogP contribution in [-0.2, 0) is 24.3 Å². The summed E-state index contributed by atoms with van der Waals surface area (Å²) in [4.78, 5) is 13.7. The van der Waals surface area contributed by atoms with Gasteiger partial charge >= 0.3 is 6.36 Å². The van der Waals surface area contributed by atoms with Gasteiger partial charge in [-0.15, -0.1) is 13.2 Å². The highest BCUT2D eigenvalue weighted by Crippen LogP contribution is 2.26. The number of morpholine rings is 1. The summed E-state index contributed by atoms with van der Waals surface area (Å²) < 4.78 is 78.0. The van der Waals surface area contributed by atoms with Crippen LogP contribution in [0.4, 0.5) is 13.2 Å². The van der Waals surface area contributed by atoms with E-state index in [2.05, 4.69) is 4.74 Å². The Hall–Kier alpha value is -1.89. The number of sulfonamides is 1. The molecule has 0 aromatic heterocycles. The van der Waals surface area contributed by atoms with Crippen molar-refractivity contribution in [1.82, 2.24) is 9.21 Å². The van der Waals surface area contributed by atoms with Crippen LogP contribution in [0.5, 0.6) is 5.75 Å². The van der Waals surface area contributed by atoms with Crippen molar-refractivity contribution in [3.8, 4) is 5.75 Å². The monoisotopic (exact) mass is 452 g/mol. The summed E-state index contributed by atoms with van der Waals surface area (Å²) in [6, 6.07) is 4.10. The van der Waals surface area contributed by atoms with E-state index in [1.54, 1.807) is 4.90 Å². The molecular formula is C18H23F3N2O6S. The quantitative estimate of drug-likeness (QED) is 0.652. The summed E-state index contributed by atoms with van der Waals surface area (Å²) in [5.41, 5.74) is 0. The Morgan fingerprint density at radius 3 is 2.23 bits per heavy atom. The minimum atomic E-state index is -4.84. The minimum Gasteiger partial charge on any atom is -0.406 e. The number of rotatable bonds is 6. The average molecular weight is 452 g/mol. The fraction of sp³-hybridized carbons (Fsp3) is 0.611. The van der Waals surface area contributed by atoms with Crippen molar-refractivity contribution < 1.29 is 40.6 Å². The second-order valence-corrected chi connectivity index (χ2v) is 8.86. The molecule has 0 unspecified atom stereocenters. The number of amides is 1. The lowest BCUT2D eigenvalue weighted by atomic mass is 10.1. The Bertz CT molecular complexity index is 817. The van der Waals surface area contributed by atoms with Crippen molar-refractivity contribution in [2.45, 2.75) is 30.2 Å². The predicted octanol–water partition coefficient (Wildman–Crippen LogP) is 1.61. The minimum absolute atomic E-state index is 0.0575. The van der Waals surface area contributed by atoms with Crippen molar-refractivity contribution in [3.05, 3.63) is 24.3 Å². The van der Waals surface area contributed by atoms with Gasteiger partial charge in [0.25, 0.3) is 0 Å². The van der Waals surface area contributed by atoms with Crippen LogP contribution in [0.2, 0.25) is 0 Å². The standard InChI is InChI=1S/C18H23F3N2O6S/c19-18(20,21)29-15-1-3-16(4-2-15)30(25,26)23-7-5-14(6-8-23)28-13-17(24)22-9-11-27-12-10-22/h1-4,14H,5-13H2. The molecule has 2 aliphatic heterocycles. The van der Waals surface area contributed by atoms with Gasteiger partial charge in [-0.1, -0.05) is 0 Å². The van der Waals surface area contributed by atoms with Crippen molar-refractivity contribution >= 4 is 15.9 Å². The van der Waals surface area contributed by atoms with Crippen LogP contribution >= 0.6 is 0 Å². The van der Waals surface area contributed by atoms with Gasteiger partial charge in [-0.25, -0.2) is 8.42 Å². The molecule has 30 heavy (non-hydrogen) atoms. The molecule has 168 valence electrons. The van der Waals surface area contributed by atoms with Gasteiger partial charge in [0.15, 0.2) is 0 Å². The summed E-state index contributed by atoms with van der Waals surface area (Å²) in [7, 11) is -3.84. The van der Waals surface area contributed by atoms with E-state index < -0.39 is 22.1 Å². The Balaban J connectivity index is 1.49. The summed E-state index contributed by atoms with van der Waals surface area (Å²) >= 11 is 0. The third-order valence-corrected chi connectivity index (χ3v) is 6.82. The van der Waals surface area contributed by atoms with Crippen molar-refractivity contribution in [2.24, 2.45) is 0 Å². The molecule has 2 fully saturated rings. The van der Waals surface area contributed by atoms with E-state index in [1.165, 1.54) is 4.31 Å². The topological polar surface area (TPSA) is 85.4 Å². The van der Waals surface area contributed by atoms with Gasteiger partial charge in [0.2, 0.25) is 15.9 Å². The first-order valence-corrected chi connectivity index (χ1v) is 10.9. The SMILES string of the molecule is O=C(COC1CCN(S(=O)(=O)c2ccc(OC(F)(F)F)cc2)CC1)N1CCOCC1. The summed E-state index contributed by atoms with van der Waals surface area (Å²) in [5.74, 6) is -0.604. The van der Waals surface area contributed by atoms with Gasteiger partial charge in [-0.3, -0.25) is 4.79 Å². The van der Waals surface area contributed by atoms with Gasteiger partial charge in [0.1, 0.15) is 12.4 Å². The lowest BCUT2D eigenvalue weighted by molar-refractivity contribution is -0.274. The number of piperidine rings is 1. The van der Waals surface area contributed by atoms with Crippen LogP contribution in [0.15, 0.2) is 29.2 Å². The van der Waals surface area contributed by atoms with Crippen LogP contribution in [0, 0.1) is 0 Å². The molecule has 0 aliphatic carbocycles. The summed E-state index contributed by atoms with van der Waals surface area (Å²) in [6.07, 6.45) is -4.23. The van der Waals surface area contributed by atoms with Gasteiger partial charge in [-0.2, -0.15) is 4.31 Å². The molecule has 12 heteroatoms. The average Bonchev–Trinajstić information content (AvgIpc) is 2.72. The molecule has 0 spiro atoms. The molecule has 2 aliphatic rings. The molecule has 0 N–H and O–H groups in total. The Labute approximate surface area is 172 Å². The molecule has 3 rings (SSSR count). The largest absolute Gasteiger partial charge is 0.573 e. The smallest absolute Gasteiger partial charge is 0.406 e. The van der Waals surface area contributed by atoms with Crippen molar-refractivity contribution in [3.63, 3.8) is 0 Å². The maximum atomic E-state index is 12.7. The maximum absolute atomic E-state index is 12.7. The highest BCUT2D eigenvalue weighted by molar-refractivity contribution is 7.89. The van der Waals surface area contributed by atoms with Crippen LogP contribution in [0.3, 0.4) is 0 Å². The van der Waals surface area contributed by atoms with E-state index in [9.17, 15) is 26.4 Å². The fourth-order valence-corrected chi connectivity index (χ4v) is 4.76. The highest BCUT2D eigenvalue weighted by Gasteiger charge is 2.32. The van der Waals surface area contributed by atoms with E-state index in [-0.39, 0.29) is 36.6 Å². The highest BCUT2D eigenvalue weighted by atomic mass is 32.2. The Morgan fingerprint density at radius 2 is 1.67 bits per heavy atom.